The second kappa shape index (κ2) is 16.7. The third-order valence-corrected chi connectivity index (χ3v) is 14.0. The summed E-state index contributed by atoms with van der Waals surface area (Å²) >= 11 is 0. The summed E-state index contributed by atoms with van der Waals surface area (Å²) < 4.78 is 13.5. The van der Waals surface area contributed by atoms with Gasteiger partial charge in [0.25, 0.3) is 0 Å². The van der Waals surface area contributed by atoms with E-state index in [1.807, 2.05) is 0 Å². The van der Waals surface area contributed by atoms with E-state index in [1.165, 1.54) is 33.4 Å². The predicted octanol–water partition coefficient (Wildman–Crippen LogP) is 19.5. The lowest BCUT2D eigenvalue weighted by atomic mass is 9.87. The van der Waals surface area contributed by atoms with Crippen LogP contribution < -0.4 is 9.80 Å². The summed E-state index contributed by atoms with van der Waals surface area (Å²) in [5.41, 5.74) is 17.2. The van der Waals surface area contributed by atoms with Crippen LogP contribution in [-0.4, -0.2) is 0 Å². The molecule has 4 heteroatoms. The van der Waals surface area contributed by atoms with Crippen molar-refractivity contribution in [2.45, 2.75) is 52.4 Å². The number of anilines is 6. The Morgan fingerprint density at radius 3 is 0.929 bits per heavy atom. The van der Waals surface area contributed by atoms with Crippen molar-refractivity contribution in [3.05, 3.63) is 230 Å². The topological polar surface area (TPSA) is 32.8 Å². The third-order valence-electron chi connectivity index (χ3n) is 14.0. The van der Waals surface area contributed by atoms with Crippen LogP contribution in [0, 0.1) is 0 Å². The number of benzene rings is 10. The normalized spacial score (nSPS) is 12.1. The fourth-order valence-corrected chi connectivity index (χ4v) is 10.0. The number of nitrogens with zero attached hydrogens (tertiary/aromatic N) is 2. The van der Waals surface area contributed by atoms with Crippen molar-refractivity contribution in [3.8, 4) is 22.3 Å². The van der Waals surface area contributed by atoms with Crippen LogP contribution in [0.3, 0.4) is 0 Å². The minimum absolute atomic E-state index is 0.0511. The number of furan rings is 2. The van der Waals surface area contributed by atoms with Crippen LogP contribution in [0.5, 0.6) is 0 Å². The first-order valence-electron chi connectivity index (χ1n) is 24.3. The lowest BCUT2D eigenvalue weighted by Gasteiger charge is -2.27. The third kappa shape index (κ3) is 7.86. The summed E-state index contributed by atoms with van der Waals surface area (Å²) in [4.78, 5) is 4.64. The van der Waals surface area contributed by atoms with Gasteiger partial charge in [0, 0.05) is 67.8 Å². The predicted molar refractivity (Wildman–Crippen MR) is 296 cm³/mol. The van der Waals surface area contributed by atoms with Crippen LogP contribution in [0.15, 0.2) is 227 Å². The van der Waals surface area contributed by atoms with Crippen LogP contribution in [0.1, 0.15) is 52.7 Å². The molecule has 0 saturated carbocycles. The highest BCUT2D eigenvalue weighted by molar-refractivity contribution is 6.15. The van der Waals surface area contributed by atoms with Gasteiger partial charge in [-0.3, -0.25) is 0 Å². The van der Waals surface area contributed by atoms with E-state index in [9.17, 15) is 0 Å². The first-order valence-corrected chi connectivity index (χ1v) is 24.3. The fourth-order valence-electron chi connectivity index (χ4n) is 10.0. The summed E-state index contributed by atoms with van der Waals surface area (Å²) in [7, 11) is 0. The molecule has 0 aliphatic heterocycles. The molecule has 70 heavy (non-hydrogen) atoms. The van der Waals surface area contributed by atoms with Gasteiger partial charge in [0.1, 0.15) is 22.3 Å². The van der Waals surface area contributed by atoms with Crippen molar-refractivity contribution in [1.29, 1.82) is 0 Å². The molecule has 0 aliphatic rings. The molecule has 0 saturated heterocycles. The van der Waals surface area contributed by atoms with Crippen molar-refractivity contribution in [2.24, 2.45) is 0 Å². The van der Waals surface area contributed by atoms with Gasteiger partial charge < -0.3 is 18.6 Å². The molecule has 0 radical (unpaired) electrons. The number of hydrogen-bond donors (Lipinski definition) is 0. The smallest absolute Gasteiger partial charge is 0.137 e. The second-order valence-electron chi connectivity index (χ2n) is 20.7. The van der Waals surface area contributed by atoms with Crippen molar-refractivity contribution < 1.29 is 8.83 Å². The molecule has 0 unspecified atom stereocenters. The standard InChI is InChI=1S/C66H54N2O2/c1-65(2,3)49-21-29-53(30-22-49)67(51-25-17-45(18-26-51)43-13-9-7-10-14-43)55-33-35-57-59-37-47-38-60-58-36-34-56(42-64(58)70-62(60)40-48(47)39-61(59)69-63(57)41-55)68(54-31-23-50(24-32-54)66(4,5)6)52-27-19-46(20-28-52)44-15-11-8-12-16-44/h7-42H,1-6H3. The van der Waals surface area contributed by atoms with E-state index >= 15 is 0 Å². The zero-order valence-electron chi connectivity index (χ0n) is 40.5. The molecule has 12 aromatic rings. The van der Waals surface area contributed by atoms with Crippen molar-refractivity contribution in [1.82, 2.24) is 0 Å². The van der Waals surface area contributed by atoms with Crippen molar-refractivity contribution in [3.63, 3.8) is 0 Å². The van der Waals surface area contributed by atoms with Gasteiger partial charge in [-0.25, -0.2) is 0 Å². The molecule has 12 rings (SSSR count). The average Bonchev–Trinajstić information content (AvgIpc) is 3.92. The van der Waals surface area contributed by atoms with E-state index in [4.69, 9.17) is 8.83 Å². The average molecular weight is 907 g/mol. The first kappa shape index (κ1) is 43.0. The van der Waals surface area contributed by atoms with E-state index in [0.29, 0.717) is 0 Å². The molecule has 2 aromatic heterocycles. The zero-order valence-corrected chi connectivity index (χ0v) is 40.5. The molecule has 4 nitrogen and oxygen atoms in total. The maximum absolute atomic E-state index is 6.76. The first-order chi connectivity index (χ1) is 33.9. The second-order valence-corrected chi connectivity index (χ2v) is 20.7. The molecule has 0 amide bonds. The van der Waals surface area contributed by atoms with E-state index in [0.717, 1.165) is 88.8 Å². The van der Waals surface area contributed by atoms with E-state index in [2.05, 4.69) is 270 Å². The Morgan fingerprint density at radius 2 is 0.571 bits per heavy atom. The van der Waals surface area contributed by atoms with Gasteiger partial charge in [-0.1, -0.05) is 151 Å². The lowest BCUT2D eigenvalue weighted by molar-refractivity contribution is 0.590. The van der Waals surface area contributed by atoms with Crippen LogP contribution in [0.4, 0.5) is 34.1 Å². The summed E-state index contributed by atoms with van der Waals surface area (Å²) in [6.45, 7) is 13.5. The molecule has 0 fully saturated rings. The number of fused-ring (bicyclic) bond motifs is 7. The highest BCUT2D eigenvalue weighted by atomic mass is 16.3. The maximum Gasteiger partial charge on any atom is 0.137 e. The number of rotatable bonds is 8. The van der Waals surface area contributed by atoms with Gasteiger partial charge in [0.15, 0.2) is 0 Å². The molecule has 0 spiro atoms. The van der Waals surface area contributed by atoms with Crippen LogP contribution in [0.2, 0.25) is 0 Å². The Balaban J connectivity index is 0.915. The van der Waals surface area contributed by atoms with Gasteiger partial charge in [0.2, 0.25) is 0 Å². The summed E-state index contributed by atoms with van der Waals surface area (Å²) in [5.74, 6) is 0. The molecule has 0 atom stereocenters. The molecule has 2 heterocycles. The molecule has 0 aliphatic carbocycles. The van der Waals surface area contributed by atoms with Gasteiger partial charge >= 0.3 is 0 Å². The highest BCUT2D eigenvalue weighted by Crippen LogP contribution is 2.44. The molecule has 0 bridgehead atoms. The van der Waals surface area contributed by atoms with Crippen molar-refractivity contribution >= 4 is 88.8 Å². The quantitative estimate of drug-likeness (QED) is 0.152. The minimum Gasteiger partial charge on any atom is -0.456 e. The largest absolute Gasteiger partial charge is 0.456 e. The Labute approximate surface area is 409 Å². The zero-order chi connectivity index (χ0) is 47.7. The van der Waals surface area contributed by atoms with Crippen LogP contribution in [0.25, 0.3) is 76.9 Å². The van der Waals surface area contributed by atoms with Gasteiger partial charge in [-0.05, 0) is 152 Å². The highest BCUT2D eigenvalue weighted by Gasteiger charge is 2.21. The van der Waals surface area contributed by atoms with Crippen LogP contribution >= 0.6 is 0 Å². The Hall–Kier alpha value is -8.34. The van der Waals surface area contributed by atoms with Gasteiger partial charge in [-0.15, -0.1) is 0 Å². The number of hydrogen-bond acceptors (Lipinski definition) is 4. The van der Waals surface area contributed by atoms with E-state index in [-0.39, 0.29) is 10.8 Å². The van der Waals surface area contributed by atoms with Crippen LogP contribution in [-0.2, 0) is 10.8 Å². The van der Waals surface area contributed by atoms with Gasteiger partial charge in [0.05, 0.1) is 0 Å². The lowest BCUT2D eigenvalue weighted by Crippen LogP contribution is -2.13. The minimum atomic E-state index is 0.0511. The van der Waals surface area contributed by atoms with Crippen molar-refractivity contribution in [2.75, 3.05) is 9.80 Å². The molecule has 340 valence electrons. The van der Waals surface area contributed by atoms with Gasteiger partial charge in [-0.2, -0.15) is 0 Å². The Morgan fingerprint density at radius 1 is 0.271 bits per heavy atom. The molecular weight excluding hydrogens is 853 g/mol. The van der Waals surface area contributed by atoms with E-state index in [1.54, 1.807) is 0 Å². The van der Waals surface area contributed by atoms with E-state index < -0.39 is 0 Å². The maximum atomic E-state index is 6.76. The Kier molecular flexibility index (Phi) is 10.3. The monoisotopic (exact) mass is 906 g/mol. The molecule has 0 N–H and O–H groups in total. The summed E-state index contributed by atoms with van der Waals surface area (Å²) in [6.07, 6.45) is 0. The Bertz CT molecular complexity index is 3600. The summed E-state index contributed by atoms with van der Waals surface area (Å²) in [5, 5.41) is 6.54. The SMILES string of the molecule is CC(C)(C)c1ccc(N(c2ccc(-c3ccccc3)cc2)c2ccc3c(c2)oc2cc4cc5oc6cc(N(c7ccc(-c8ccccc8)cc7)c7ccc(C(C)(C)C)cc7)ccc6c5cc4cc23)cc1. The fraction of sp³-hybridized carbons (Fsp3) is 0.121. The molecule has 10 aromatic carbocycles. The summed E-state index contributed by atoms with van der Waals surface area (Å²) in [6, 6.07) is 78.7. The molecular formula is C66H54N2O2.